The van der Waals surface area contributed by atoms with E-state index in [0.717, 1.165) is 39.3 Å². The molecule has 0 unspecified atom stereocenters. The predicted octanol–water partition coefficient (Wildman–Crippen LogP) is 5.64. The first-order valence-corrected chi connectivity index (χ1v) is 9.66. The molecule has 2 aromatic rings. The average molecular weight is 409 g/mol. The highest BCUT2D eigenvalue weighted by Crippen LogP contribution is 2.38. The average Bonchev–Trinajstić information content (AvgIpc) is 3.15. The molecule has 3 rings (SSSR count). The standard InChI is InChI=1S/C18H21BrN2O2S/c1-18(2,3)23-17(22)21-10-4-5-14(21)16-20-11-15(24-16)12-6-8-13(19)9-7-12/h6-9,11,14H,4-5,10H2,1-3H3/t14-/m0/s1. The lowest BCUT2D eigenvalue weighted by Crippen LogP contribution is -2.36. The molecule has 0 aliphatic carbocycles. The molecule has 0 N–H and O–H groups in total. The van der Waals surface area contributed by atoms with Crippen LogP contribution in [-0.2, 0) is 4.74 Å². The van der Waals surface area contributed by atoms with Crippen molar-refractivity contribution in [2.45, 2.75) is 45.3 Å². The molecular weight excluding hydrogens is 388 g/mol. The minimum absolute atomic E-state index is 0.0223. The highest BCUT2D eigenvalue weighted by atomic mass is 79.9. The van der Waals surface area contributed by atoms with Gasteiger partial charge in [0.1, 0.15) is 10.6 Å². The Morgan fingerprint density at radius 3 is 2.71 bits per heavy atom. The van der Waals surface area contributed by atoms with E-state index in [1.807, 2.05) is 44.0 Å². The van der Waals surface area contributed by atoms with E-state index in [2.05, 4.69) is 33.0 Å². The number of hydrogen-bond donors (Lipinski definition) is 0. The molecule has 1 aromatic heterocycles. The number of amides is 1. The van der Waals surface area contributed by atoms with Crippen LogP contribution in [-0.4, -0.2) is 28.1 Å². The summed E-state index contributed by atoms with van der Waals surface area (Å²) in [6.07, 6.45) is 3.57. The summed E-state index contributed by atoms with van der Waals surface area (Å²) in [7, 11) is 0. The Labute approximate surface area is 155 Å². The summed E-state index contributed by atoms with van der Waals surface area (Å²) in [5, 5.41) is 0.983. The van der Waals surface area contributed by atoms with Gasteiger partial charge in [-0.05, 0) is 51.3 Å². The Hall–Kier alpha value is -1.40. The monoisotopic (exact) mass is 408 g/mol. The quantitative estimate of drug-likeness (QED) is 0.644. The zero-order valence-corrected chi connectivity index (χ0v) is 16.5. The van der Waals surface area contributed by atoms with Gasteiger partial charge in [-0.3, -0.25) is 4.90 Å². The Kier molecular flexibility index (Phi) is 4.97. The summed E-state index contributed by atoms with van der Waals surface area (Å²) < 4.78 is 6.59. The number of carbonyl (C=O) groups is 1. The van der Waals surface area contributed by atoms with Crippen LogP contribution < -0.4 is 0 Å². The van der Waals surface area contributed by atoms with E-state index in [1.165, 1.54) is 0 Å². The number of rotatable bonds is 2. The largest absolute Gasteiger partial charge is 0.444 e. The molecule has 1 atom stereocenters. The Bertz CT molecular complexity index is 721. The van der Waals surface area contributed by atoms with Gasteiger partial charge in [-0.2, -0.15) is 0 Å². The molecule has 0 spiro atoms. The predicted molar refractivity (Wildman–Crippen MR) is 100 cm³/mol. The van der Waals surface area contributed by atoms with Crippen molar-refractivity contribution in [3.63, 3.8) is 0 Å². The second-order valence-electron chi connectivity index (χ2n) is 6.90. The molecule has 0 radical (unpaired) electrons. The summed E-state index contributed by atoms with van der Waals surface area (Å²) >= 11 is 5.11. The molecule has 1 aliphatic rings. The molecule has 2 heterocycles. The van der Waals surface area contributed by atoms with E-state index in [0.29, 0.717) is 0 Å². The van der Waals surface area contributed by atoms with Gasteiger partial charge >= 0.3 is 6.09 Å². The second kappa shape index (κ2) is 6.84. The van der Waals surface area contributed by atoms with E-state index in [-0.39, 0.29) is 12.1 Å². The summed E-state index contributed by atoms with van der Waals surface area (Å²) in [6.45, 7) is 6.41. The first-order chi connectivity index (χ1) is 11.3. The van der Waals surface area contributed by atoms with Crippen molar-refractivity contribution in [2.75, 3.05) is 6.54 Å². The molecule has 1 fully saturated rings. The lowest BCUT2D eigenvalue weighted by Gasteiger charge is -2.27. The van der Waals surface area contributed by atoms with Gasteiger partial charge in [0, 0.05) is 17.2 Å². The van der Waals surface area contributed by atoms with Crippen LogP contribution in [0.5, 0.6) is 0 Å². The van der Waals surface area contributed by atoms with Gasteiger partial charge < -0.3 is 4.74 Å². The van der Waals surface area contributed by atoms with Crippen LogP contribution in [0.3, 0.4) is 0 Å². The number of likely N-dealkylation sites (tertiary alicyclic amines) is 1. The Morgan fingerprint density at radius 2 is 2.04 bits per heavy atom. The van der Waals surface area contributed by atoms with Gasteiger partial charge in [0.05, 0.1) is 10.9 Å². The van der Waals surface area contributed by atoms with Gasteiger partial charge in [0.15, 0.2) is 0 Å². The van der Waals surface area contributed by atoms with E-state index >= 15 is 0 Å². The van der Waals surface area contributed by atoms with Crippen molar-refractivity contribution in [2.24, 2.45) is 0 Å². The lowest BCUT2D eigenvalue weighted by atomic mass is 10.2. The minimum Gasteiger partial charge on any atom is -0.444 e. The highest BCUT2D eigenvalue weighted by molar-refractivity contribution is 9.10. The number of carbonyl (C=O) groups excluding carboxylic acids is 1. The van der Waals surface area contributed by atoms with Crippen molar-refractivity contribution in [1.29, 1.82) is 0 Å². The summed E-state index contributed by atoms with van der Waals surface area (Å²) in [5.41, 5.74) is 0.666. The number of aromatic nitrogens is 1. The number of nitrogens with zero attached hydrogens (tertiary/aromatic N) is 2. The molecule has 4 nitrogen and oxygen atoms in total. The normalized spacial score (nSPS) is 18.0. The van der Waals surface area contributed by atoms with Crippen LogP contribution in [0.2, 0.25) is 0 Å². The number of thiazole rings is 1. The summed E-state index contributed by atoms with van der Waals surface area (Å²) in [5.74, 6) is 0. The number of benzene rings is 1. The molecule has 6 heteroatoms. The third-order valence-corrected chi connectivity index (χ3v) is 5.49. The fourth-order valence-corrected chi connectivity index (χ4v) is 4.09. The number of ether oxygens (including phenoxy) is 1. The fraction of sp³-hybridized carbons (Fsp3) is 0.444. The molecule has 1 saturated heterocycles. The number of hydrogen-bond acceptors (Lipinski definition) is 4. The van der Waals surface area contributed by atoms with Gasteiger partial charge in [-0.25, -0.2) is 9.78 Å². The van der Waals surface area contributed by atoms with E-state index < -0.39 is 5.60 Å². The van der Waals surface area contributed by atoms with Gasteiger partial charge in [0.2, 0.25) is 0 Å². The zero-order chi connectivity index (χ0) is 17.3. The van der Waals surface area contributed by atoms with Crippen LogP contribution in [0.4, 0.5) is 4.79 Å². The highest BCUT2D eigenvalue weighted by Gasteiger charge is 2.34. The zero-order valence-electron chi connectivity index (χ0n) is 14.1. The fourth-order valence-electron chi connectivity index (χ4n) is 2.75. The van der Waals surface area contributed by atoms with Gasteiger partial charge in [-0.15, -0.1) is 11.3 Å². The minimum atomic E-state index is -0.477. The molecular formula is C18H21BrN2O2S. The Morgan fingerprint density at radius 1 is 1.33 bits per heavy atom. The van der Waals surface area contributed by atoms with E-state index in [1.54, 1.807) is 11.3 Å². The van der Waals surface area contributed by atoms with Gasteiger partial charge in [0.25, 0.3) is 0 Å². The SMILES string of the molecule is CC(C)(C)OC(=O)N1CCC[C@H]1c1ncc(-c2ccc(Br)cc2)s1. The van der Waals surface area contributed by atoms with Crippen molar-refractivity contribution in [1.82, 2.24) is 9.88 Å². The number of halogens is 1. The molecule has 1 amide bonds. The molecule has 24 heavy (non-hydrogen) atoms. The first-order valence-electron chi connectivity index (χ1n) is 8.05. The maximum absolute atomic E-state index is 12.4. The Balaban J connectivity index is 1.78. The van der Waals surface area contributed by atoms with Crippen LogP contribution in [0.25, 0.3) is 10.4 Å². The maximum Gasteiger partial charge on any atom is 0.410 e. The summed E-state index contributed by atoms with van der Waals surface area (Å²) in [6, 6.07) is 8.21. The third-order valence-electron chi connectivity index (χ3n) is 3.82. The van der Waals surface area contributed by atoms with Crippen molar-refractivity contribution >= 4 is 33.4 Å². The van der Waals surface area contributed by atoms with E-state index in [9.17, 15) is 4.79 Å². The lowest BCUT2D eigenvalue weighted by molar-refractivity contribution is 0.0224. The van der Waals surface area contributed by atoms with Crippen molar-refractivity contribution < 1.29 is 9.53 Å². The van der Waals surface area contributed by atoms with Crippen molar-refractivity contribution in [3.05, 3.63) is 39.9 Å². The first kappa shape index (κ1) is 17.4. The third kappa shape index (κ3) is 3.98. The van der Waals surface area contributed by atoms with Crippen molar-refractivity contribution in [3.8, 4) is 10.4 Å². The van der Waals surface area contributed by atoms with Crippen LogP contribution >= 0.6 is 27.3 Å². The van der Waals surface area contributed by atoms with E-state index in [4.69, 9.17) is 4.74 Å². The van der Waals surface area contributed by atoms with Crippen LogP contribution in [0.15, 0.2) is 34.9 Å². The molecule has 128 valence electrons. The van der Waals surface area contributed by atoms with Crippen LogP contribution in [0.1, 0.15) is 44.7 Å². The van der Waals surface area contributed by atoms with Gasteiger partial charge in [-0.1, -0.05) is 28.1 Å². The molecule has 1 aliphatic heterocycles. The molecule has 0 saturated carbocycles. The second-order valence-corrected chi connectivity index (χ2v) is 8.88. The van der Waals surface area contributed by atoms with Crippen LogP contribution in [0, 0.1) is 0 Å². The molecule has 1 aromatic carbocycles. The summed E-state index contributed by atoms with van der Waals surface area (Å²) in [4.78, 5) is 20.0. The topological polar surface area (TPSA) is 42.4 Å². The maximum atomic E-state index is 12.4. The molecule has 0 bridgehead atoms. The smallest absolute Gasteiger partial charge is 0.410 e.